The summed E-state index contributed by atoms with van der Waals surface area (Å²) in [5.74, 6) is -2.56. The fourth-order valence-corrected chi connectivity index (χ4v) is 5.47. The SMILES string of the molecule is COc1cccc2c1C(=O)c1c(O)c3c(c(O)c1C2=O)CC(C(=O)NCCN1CCC(N)C1=O)CC3. The number of hydrogen-bond acceptors (Lipinski definition) is 8. The summed E-state index contributed by atoms with van der Waals surface area (Å²) in [4.78, 5) is 53.1. The van der Waals surface area contributed by atoms with Gasteiger partial charge in [0.15, 0.2) is 5.78 Å². The van der Waals surface area contributed by atoms with Gasteiger partial charge >= 0.3 is 0 Å². The number of rotatable bonds is 5. The largest absolute Gasteiger partial charge is 0.507 e. The van der Waals surface area contributed by atoms with Gasteiger partial charge in [0.2, 0.25) is 17.6 Å². The van der Waals surface area contributed by atoms with Gasteiger partial charge in [0, 0.05) is 42.2 Å². The molecule has 2 atom stereocenters. The van der Waals surface area contributed by atoms with Crippen molar-refractivity contribution in [2.24, 2.45) is 11.7 Å². The Morgan fingerprint density at radius 1 is 1.08 bits per heavy atom. The summed E-state index contributed by atoms with van der Waals surface area (Å²) in [6.07, 6.45) is 1.34. The molecule has 5 N–H and O–H groups in total. The summed E-state index contributed by atoms with van der Waals surface area (Å²) in [5.41, 5.74) is 6.05. The number of methoxy groups -OCH3 is 1. The zero-order valence-corrected chi connectivity index (χ0v) is 19.8. The number of aromatic hydroxyl groups is 2. The minimum Gasteiger partial charge on any atom is -0.507 e. The number of phenolic OH excluding ortho intramolecular Hbond substituents is 2. The second kappa shape index (κ2) is 8.94. The number of fused-ring (bicyclic) bond motifs is 3. The zero-order valence-electron chi connectivity index (χ0n) is 19.8. The fraction of sp³-hybridized carbons (Fsp3) is 0.385. The number of nitrogens with zero attached hydrogens (tertiary/aromatic N) is 1. The fourth-order valence-electron chi connectivity index (χ4n) is 5.47. The predicted octanol–water partition coefficient (Wildman–Crippen LogP) is 0.662. The summed E-state index contributed by atoms with van der Waals surface area (Å²) in [6, 6.07) is 4.12. The van der Waals surface area contributed by atoms with Gasteiger partial charge in [-0.15, -0.1) is 0 Å². The van der Waals surface area contributed by atoms with Gasteiger partial charge in [0.25, 0.3) is 0 Å². The number of carbonyl (C=O) groups is 4. The second-order valence-corrected chi connectivity index (χ2v) is 9.40. The quantitative estimate of drug-likeness (QED) is 0.377. The van der Waals surface area contributed by atoms with Crippen LogP contribution in [0.1, 0.15) is 55.8 Å². The Morgan fingerprint density at radius 3 is 2.50 bits per heavy atom. The van der Waals surface area contributed by atoms with Gasteiger partial charge in [-0.25, -0.2) is 0 Å². The molecule has 2 aliphatic carbocycles. The number of nitrogens with one attached hydrogen (secondary N) is 1. The van der Waals surface area contributed by atoms with Gasteiger partial charge in [-0.1, -0.05) is 12.1 Å². The van der Waals surface area contributed by atoms with E-state index in [1.54, 1.807) is 17.0 Å². The molecule has 0 aromatic heterocycles. The van der Waals surface area contributed by atoms with Gasteiger partial charge in [-0.05, 0) is 31.7 Å². The van der Waals surface area contributed by atoms with Crippen LogP contribution < -0.4 is 15.8 Å². The highest BCUT2D eigenvalue weighted by Crippen LogP contribution is 2.47. The Kier molecular flexibility index (Phi) is 5.91. The Hall–Kier alpha value is -3.92. The van der Waals surface area contributed by atoms with Crippen molar-refractivity contribution >= 4 is 23.4 Å². The molecule has 36 heavy (non-hydrogen) atoms. The van der Waals surface area contributed by atoms with E-state index in [9.17, 15) is 29.4 Å². The Bertz CT molecular complexity index is 1320. The normalized spacial score (nSPS) is 20.6. The van der Waals surface area contributed by atoms with Crippen LogP contribution >= 0.6 is 0 Å². The van der Waals surface area contributed by atoms with E-state index in [-0.39, 0.29) is 70.7 Å². The molecule has 2 unspecified atom stereocenters. The number of ether oxygens (including phenoxy) is 1. The van der Waals surface area contributed by atoms with Crippen LogP contribution in [0, 0.1) is 5.92 Å². The number of ketones is 2. The number of carbonyl (C=O) groups excluding carboxylic acids is 4. The summed E-state index contributed by atoms with van der Waals surface area (Å²) in [7, 11) is 1.39. The average Bonchev–Trinajstić information content (AvgIpc) is 3.20. The molecule has 1 saturated heterocycles. The van der Waals surface area contributed by atoms with E-state index in [2.05, 4.69) is 5.32 Å². The van der Waals surface area contributed by atoms with Crippen LogP contribution in [0.4, 0.5) is 0 Å². The first-order valence-electron chi connectivity index (χ1n) is 11.9. The first-order chi connectivity index (χ1) is 17.2. The molecular formula is C26H27N3O7. The first kappa shape index (κ1) is 23.8. The Balaban J connectivity index is 1.39. The molecular weight excluding hydrogens is 466 g/mol. The van der Waals surface area contributed by atoms with Gasteiger partial charge in [-0.2, -0.15) is 0 Å². The van der Waals surface area contributed by atoms with E-state index in [1.165, 1.54) is 13.2 Å². The smallest absolute Gasteiger partial charge is 0.239 e. The van der Waals surface area contributed by atoms with E-state index in [0.717, 1.165) is 0 Å². The summed E-state index contributed by atoms with van der Waals surface area (Å²) in [6.45, 7) is 1.20. The summed E-state index contributed by atoms with van der Waals surface area (Å²) < 4.78 is 5.26. The van der Waals surface area contributed by atoms with E-state index >= 15 is 0 Å². The maximum Gasteiger partial charge on any atom is 0.239 e. The monoisotopic (exact) mass is 493 g/mol. The van der Waals surface area contributed by atoms with E-state index in [1.807, 2.05) is 0 Å². The molecule has 10 nitrogen and oxygen atoms in total. The van der Waals surface area contributed by atoms with Gasteiger partial charge in [0.05, 0.1) is 29.8 Å². The van der Waals surface area contributed by atoms with E-state index in [0.29, 0.717) is 37.1 Å². The third-order valence-electron chi connectivity index (χ3n) is 7.42. The van der Waals surface area contributed by atoms with Crippen molar-refractivity contribution in [2.75, 3.05) is 26.7 Å². The van der Waals surface area contributed by atoms with Gasteiger partial charge in [-0.3, -0.25) is 19.2 Å². The van der Waals surface area contributed by atoms with Crippen LogP contribution in [0.5, 0.6) is 17.2 Å². The molecule has 0 radical (unpaired) electrons. The van der Waals surface area contributed by atoms with Crippen molar-refractivity contribution in [1.29, 1.82) is 0 Å². The lowest BCUT2D eigenvalue weighted by Crippen LogP contribution is -2.41. The molecule has 2 aromatic rings. The van der Waals surface area contributed by atoms with Crippen LogP contribution in [0.2, 0.25) is 0 Å². The van der Waals surface area contributed by atoms with Crippen LogP contribution in [-0.2, 0) is 22.4 Å². The number of likely N-dealkylation sites (tertiary alicyclic amines) is 1. The Labute approximate surface area is 207 Å². The zero-order chi connectivity index (χ0) is 25.7. The van der Waals surface area contributed by atoms with Crippen LogP contribution in [0.15, 0.2) is 18.2 Å². The molecule has 188 valence electrons. The van der Waals surface area contributed by atoms with Crippen molar-refractivity contribution in [2.45, 2.75) is 31.7 Å². The third kappa shape index (κ3) is 3.60. The van der Waals surface area contributed by atoms with Crippen LogP contribution in [0.25, 0.3) is 0 Å². The molecule has 1 heterocycles. The number of nitrogens with two attached hydrogens (primary N) is 1. The molecule has 0 bridgehead atoms. The molecule has 0 saturated carbocycles. The lowest BCUT2D eigenvalue weighted by atomic mass is 9.75. The molecule has 2 amide bonds. The summed E-state index contributed by atoms with van der Waals surface area (Å²) >= 11 is 0. The molecule has 1 fully saturated rings. The molecule has 3 aliphatic rings. The number of hydrogen-bond donors (Lipinski definition) is 4. The predicted molar refractivity (Wildman–Crippen MR) is 127 cm³/mol. The minimum atomic E-state index is -0.594. The highest BCUT2D eigenvalue weighted by atomic mass is 16.5. The summed E-state index contributed by atoms with van der Waals surface area (Å²) in [5, 5.41) is 25.0. The minimum absolute atomic E-state index is 0.0534. The number of amides is 2. The van der Waals surface area contributed by atoms with E-state index < -0.39 is 23.5 Å². The van der Waals surface area contributed by atoms with Crippen molar-refractivity contribution in [1.82, 2.24) is 10.2 Å². The third-order valence-corrected chi connectivity index (χ3v) is 7.42. The molecule has 1 aliphatic heterocycles. The maximum atomic E-state index is 13.3. The van der Waals surface area contributed by atoms with E-state index in [4.69, 9.17) is 10.5 Å². The van der Waals surface area contributed by atoms with Crippen molar-refractivity contribution in [3.63, 3.8) is 0 Å². The van der Waals surface area contributed by atoms with Gasteiger partial charge < -0.3 is 30.9 Å². The molecule has 5 rings (SSSR count). The topological polar surface area (TPSA) is 159 Å². The average molecular weight is 494 g/mol. The van der Waals surface area contributed by atoms with Crippen molar-refractivity contribution in [3.05, 3.63) is 51.6 Å². The molecule has 10 heteroatoms. The number of benzene rings is 2. The second-order valence-electron chi connectivity index (χ2n) is 9.40. The maximum absolute atomic E-state index is 13.3. The highest BCUT2D eigenvalue weighted by molar-refractivity contribution is 6.31. The first-order valence-corrected chi connectivity index (χ1v) is 11.9. The molecule has 0 spiro atoms. The van der Waals surface area contributed by atoms with Crippen molar-refractivity contribution < 1.29 is 34.1 Å². The standard InChI is InChI=1S/C26H27N3O7/c1-36-17-4-2-3-14-18(17)24(33)20-19(22(14)31)23(32)15-11-12(5-6-13(15)21(20)30)25(34)28-8-10-29-9-7-16(27)26(29)35/h2-4,12,16,30,32H,5-11,27H2,1H3,(H,28,34). The highest BCUT2D eigenvalue weighted by Gasteiger charge is 2.41. The van der Waals surface area contributed by atoms with Crippen LogP contribution in [0.3, 0.4) is 0 Å². The molecule has 2 aromatic carbocycles. The van der Waals surface area contributed by atoms with Gasteiger partial charge in [0.1, 0.15) is 17.2 Å². The van der Waals surface area contributed by atoms with Crippen molar-refractivity contribution in [3.8, 4) is 17.2 Å². The Morgan fingerprint density at radius 2 is 1.81 bits per heavy atom. The lowest BCUT2D eigenvalue weighted by molar-refractivity contribution is -0.130. The lowest BCUT2D eigenvalue weighted by Gasteiger charge is -2.29. The number of phenols is 2. The van der Waals surface area contributed by atoms with Crippen LogP contribution in [-0.4, -0.2) is 71.3 Å².